The maximum Gasteiger partial charge on any atom is 0.408 e. The highest BCUT2D eigenvalue weighted by Crippen LogP contribution is 2.23. The van der Waals surface area contributed by atoms with Gasteiger partial charge in [0, 0.05) is 10.1 Å². The summed E-state index contributed by atoms with van der Waals surface area (Å²) in [5.74, 6) is 0. The van der Waals surface area contributed by atoms with E-state index < -0.39 is 5.60 Å². The Hall–Kier alpha value is -0.820. The lowest BCUT2D eigenvalue weighted by Crippen LogP contribution is -2.40. The van der Waals surface area contributed by atoms with Crippen molar-refractivity contribution in [1.82, 2.24) is 10.2 Å². The molecule has 1 heterocycles. The largest absolute Gasteiger partial charge is 0.444 e. The lowest BCUT2D eigenvalue weighted by atomic mass is 10.1. The molecular weight excluding hydrogens is 391 g/mol. The van der Waals surface area contributed by atoms with Crippen LogP contribution in [0.1, 0.15) is 45.2 Å². The molecule has 1 saturated heterocycles. The number of likely N-dealkylation sites (tertiary alicyclic amines) is 1. The Morgan fingerprint density at radius 2 is 1.95 bits per heavy atom. The van der Waals surface area contributed by atoms with Crippen molar-refractivity contribution in [2.24, 2.45) is 0 Å². The highest BCUT2D eigenvalue weighted by Gasteiger charge is 2.24. The molecule has 0 saturated carbocycles. The maximum atomic E-state index is 12.2. The molecular formula is C17H25IN2O2. The molecule has 2 rings (SSSR count). The normalized spacial score (nSPS) is 17.3. The SMILES string of the molecule is CC(C)(C)OC(=O)NC(CN1CCCC1)c1ccccc1I. The average Bonchev–Trinajstić information content (AvgIpc) is 2.89. The second-order valence-electron chi connectivity index (χ2n) is 6.73. The first kappa shape index (κ1) is 17.5. The molecule has 0 spiro atoms. The Kier molecular flexibility index (Phi) is 6.09. The second-order valence-corrected chi connectivity index (χ2v) is 7.89. The topological polar surface area (TPSA) is 41.6 Å². The van der Waals surface area contributed by atoms with Crippen molar-refractivity contribution < 1.29 is 9.53 Å². The van der Waals surface area contributed by atoms with Crippen LogP contribution < -0.4 is 5.32 Å². The van der Waals surface area contributed by atoms with Crippen molar-refractivity contribution >= 4 is 28.7 Å². The van der Waals surface area contributed by atoms with E-state index in [1.165, 1.54) is 16.4 Å². The van der Waals surface area contributed by atoms with Gasteiger partial charge >= 0.3 is 6.09 Å². The zero-order valence-corrected chi connectivity index (χ0v) is 15.7. The van der Waals surface area contributed by atoms with Crippen LogP contribution in [0.5, 0.6) is 0 Å². The van der Waals surface area contributed by atoms with Crippen molar-refractivity contribution in [3.63, 3.8) is 0 Å². The van der Waals surface area contributed by atoms with E-state index >= 15 is 0 Å². The molecule has 1 aromatic rings. The number of halogens is 1. The van der Waals surface area contributed by atoms with Crippen molar-refractivity contribution in [2.75, 3.05) is 19.6 Å². The molecule has 22 heavy (non-hydrogen) atoms. The Morgan fingerprint density at radius 3 is 2.55 bits per heavy atom. The number of alkyl carbamates (subject to hydrolysis) is 1. The standard InChI is InChI=1S/C17H25IN2O2/c1-17(2,3)22-16(21)19-15(12-20-10-6-7-11-20)13-8-4-5-9-14(13)18/h4-5,8-9,15H,6-7,10-12H2,1-3H3,(H,19,21). The zero-order chi connectivity index (χ0) is 16.2. The van der Waals surface area contributed by atoms with Gasteiger partial charge in [0.1, 0.15) is 5.60 Å². The molecule has 0 bridgehead atoms. The molecule has 1 aliphatic heterocycles. The van der Waals surface area contributed by atoms with Crippen LogP contribution in [0.2, 0.25) is 0 Å². The molecule has 1 atom stereocenters. The first-order chi connectivity index (χ1) is 10.3. The molecule has 1 amide bonds. The number of nitrogens with zero attached hydrogens (tertiary/aromatic N) is 1. The Morgan fingerprint density at radius 1 is 1.32 bits per heavy atom. The number of ether oxygens (including phenoxy) is 1. The number of nitrogens with one attached hydrogen (secondary N) is 1. The van der Waals surface area contributed by atoms with Crippen molar-refractivity contribution in [3.8, 4) is 0 Å². The monoisotopic (exact) mass is 416 g/mol. The van der Waals surface area contributed by atoms with Gasteiger partial charge in [0.15, 0.2) is 0 Å². The molecule has 1 aromatic carbocycles. The van der Waals surface area contributed by atoms with Crippen molar-refractivity contribution in [1.29, 1.82) is 0 Å². The molecule has 1 fully saturated rings. The third kappa shape index (κ3) is 5.43. The van der Waals surface area contributed by atoms with E-state index in [0.29, 0.717) is 0 Å². The lowest BCUT2D eigenvalue weighted by Gasteiger charge is -2.27. The van der Waals surface area contributed by atoms with Gasteiger partial charge in [-0.15, -0.1) is 0 Å². The van der Waals surface area contributed by atoms with Gasteiger partial charge in [0.2, 0.25) is 0 Å². The quantitative estimate of drug-likeness (QED) is 0.756. The molecule has 4 nitrogen and oxygen atoms in total. The van der Waals surface area contributed by atoms with Gasteiger partial charge in [-0.2, -0.15) is 0 Å². The fourth-order valence-electron chi connectivity index (χ4n) is 2.65. The molecule has 0 aromatic heterocycles. The fraction of sp³-hybridized carbons (Fsp3) is 0.588. The van der Waals surface area contributed by atoms with Crippen molar-refractivity contribution in [3.05, 3.63) is 33.4 Å². The van der Waals surface area contributed by atoms with Gasteiger partial charge in [-0.05, 0) is 80.9 Å². The van der Waals surface area contributed by atoms with Gasteiger partial charge < -0.3 is 15.0 Å². The lowest BCUT2D eigenvalue weighted by molar-refractivity contribution is 0.0493. The van der Waals surface area contributed by atoms with Gasteiger partial charge in [-0.3, -0.25) is 0 Å². The third-order valence-corrected chi connectivity index (χ3v) is 4.59. The first-order valence-electron chi connectivity index (χ1n) is 7.81. The molecule has 5 heteroatoms. The highest BCUT2D eigenvalue weighted by atomic mass is 127. The van der Waals surface area contributed by atoms with E-state index in [-0.39, 0.29) is 12.1 Å². The van der Waals surface area contributed by atoms with E-state index in [0.717, 1.165) is 25.2 Å². The van der Waals surface area contributed by atoms with Crippen LogP contribution in [0, 0.1) is 3.57 Å². The number of carbonyl (C=O) groups is 1. The number of amides is 1. The summed E-state index contributed by atoms with van der Waals surface area (Å²) in [6.45, 7) is 8.70. The van der Waals surface area contributed by atoms with E-state index in [1.54, 1.807) is 0 Å². The Bertz CT molecular complexity index is 508. The summed E-state index contributed by atoms with van der Waals surface area (Å²) in [5, 5.41) is 3.05. The summed E-state index contributed by atoms with van der Waals surface area (Å²) in [5.41, 5.74) is 0.674. The zero-order valence-electron chi connectivity index (χ0n) is 13.6. The Balaban J connectivity index is 2.11. The number of rotatable bonds is 4. The van der Waals surface area contributed by atoms with Crippen LogP contribution in [0.15, 0.2) is 24.3 Å². The predicted octanol–water partition coefficient (Wildman–Crippen LogP) is 3.95. The van der Waals surface area contributed by atoms with Crippen LogP contribution in [0.3, 0.4) is 0 Å². The first-order valence-corrected chi connectivity index (χ1v) is 8.89. The maximum absolute atomic E-state index is 12.2. The summed E-state index contributed by atoms with van der Waals surface area (Å²) >= 11 is 2.33. The van der Waals surface area contributed by atoms with Crippen LogP contribution >= 0.6 is 22.6 Å². The number of hydrogen-bond donors (Lipinski definition) is 1. The molecule has 122 valence electrons. The van der Waals surface area contributed by atoms with Crippen LogP contribution in [-0.4, -0.2) is 36.2 Å². The van der Waals surface area contributed by atoms with E-state index in [9.17, 15) is 4.79 Å². The molecule has 0 aliphatic carbocycles. The second kappa shape index (κ2) is 7.64. The fourth-order valence-corrected chi connectivity index (χ4v) is 3.42. The predicted molar refractivity (Wildman–Crippen MR) is 96.9 cm³/mol. The van der Waals surface area contributed by atoms with Gasteiger partial charge in [-0.1, -0.05) is 18.2 Å². The van der Waals surface area contributed by atoms with Crippen LogP contribution in [0.25, 0.3) is 0 Å². The smallest absolute Gasteiger partial charge is 0.408 e. The molecule has 1 unspecified atom stereocenters. The Labute approximate surface area is 146 Å². The molecule has 1 aliphatic rings. The number of carbonyl (C=O) groups excluding carboxylic acids is 1. The molecule has 1 N–H and O–H groups in total. The third-order valence-electron chi connectivity index (χ3n) is 3.61. The molecule has 0 radical (unpaired) electrons. The van der Waals surface area contributed by atoms with Crippen LogP contribution in [0.4, 0.5) is 4.79 Å². The van der Waals surface area contributed by atoms with Crippen LogP contribution in [-0.2, 0) is 4.74 Å². The number of hydrogen-bond acceptors (Lipinski definition) is 3. The minimum absolute atomic E-state index is 0.0407. The van der Waals surface area contributed by atoms with Crippen molar-refractivity contribution in [2.45, 2.75) is 45.3 Å². The minimum atomic E-state index is -0.480. The minimum Gasteiger partial charge on any atom is -0.444 e. The summed E-state index contributed by atoms with van der Waals surface area (Å²) in [7, 11) is 0. The summed E-state index contributed by atoms with van der Waals surface area (Å²) in [6, 6.07) is 8.15. The van der Waals surface area contributed by atoms with E-state index in [2.05, 4.69) is 44.9 Å². The summed E-state index contributed by atoms with van der Waals surface area (Å²) < 4.78 is 6.59. The average molecular weight is 416 g/mol. The van der Waals surface area contributed by atoms with E-state index in [4.69, 9.17) is 4.74 Å². The number of benzene rings is 1. The summed E-state index contributed by atoms with van der Waals surface area (Å²) in [6.07, 6.45) is 2.13. The summed E-state index contributed by atoms with van der Waals surface area (Å²) in [4.78, 5) is 14.6. The van der Waals surface area contributed by atoms with E-state index in [1.807, 2.05) is 32.9 Å². The highest BCUT2D eigenvalue weighted by molar-refractivity contribution is 14.1. The van der Waals surface area contributed by atoms with Gasteiger partial charge in [0.05, 0.1) is 6.04 Å². The van der Waals surface area contributed by atoms with Gasteiger partial charge in [0.25, 0.3) is 0 Å². The van der Waals surface area contributed by atoms with Gasteiger partial charge in [-0.25, -0.2) is 4.79 Å².